The summed E-state index contributed by atoms with van der Waals surface area (Å²) in [7, 11) is 0. The second-order valence-electron chi connectivity index (χ2n) is 8.06. The molecule has 34 heavy (non-hydrogen) atoms. The number of aromatic nitrogens is 3. The van der Waals surface area contributed by atoms with E-state index in [0.717, 1.165) is 54.7 Å². The summed E-state index contributed by atoms with van der Waals surface area (Å²) in [6.07, 6.45) is 1.40. The lowest BCUT2D eigenvalue weighted by Gasteiger charge is -2.30. The van der Waals surface area contributed by atoms with Crippen molar-refractivity contribution >= 4 is 34.8 Å². The molecule has 4 rings (SSSR count). The number of alkyl halides is 3. The third kappa shape index (κ3) is 5.23. The number of halogens is 3. The Hall–Kier alpha value is -3.79. The van der Waals surface area contributed by atoms with Gasteiger partial charge in [-0.1, -0.05) is 12.1 Å². The van der Waals surface area contributed by atoms with Gasteiger partial charge in [-0.05, 0) is 74.1 Å². The van der Waals surface area contributed by atoms with Crippen LogP contribution in [-0.2, 0) is 6.18 Å². The summed E-state index contributed by atoms with van der Waals surface area (Å²) in [5.74, 6) is -0.555. The molecule has 3 heterocycles. The highest BCUT2D eigenvalue weighted by molar-refractivity contribution is 6.11. The molecule has 1 saturated heterocycles. The number of aromatic amines is 1. The van der Waals surface area contributed by atoms with Crippen molar-refractivity contribution in [3.05, 3.63) is 71.3 Å². The third-order valence-electron chi connectivity index (χ3n) is 5.56. The molecule has 1 aliphatic heterocycles. The van der Waals surface area contributed by atoms with Crippen molar-refractivity contribution in [1.82, 2.24) is 20.1 Å². The number of anilines is 1. The number of aliphatic imine (C=N–C) groups is 1. The van der Waals surface area contributed by atoms with Crippen molar-refractivity contribution in [3.63, 3.8) is 0 Å². The van der Waals surface area contributed by atoms with Gasteiger partial charge in [-0.15, -0.1) is 0 Å². The molecule has 0 aliphatic carbocycles. The summed E-state index contributed by atoms with van der Waals surface area (Å²) in [4.78, 5) is 22.4. The maximum atomic E-state index is 12.8. The van der Waals surface area contributed by atoms with Crippen molar-refractivity contribution < 1.29 is 18.0 Å². The van der Waals surface area contributed by atoms with Crippen LogP contribution in [0.1, 0.15) is 35.1 Å². The second kappa shape index (κ2) is 9.60. The van der Waals surface area contributed by atoms with Gasteiger partial charge >= 0.3 is 6.18 Å². The number of hydrogen-bond acceptors (Lipinski definition) is 5. The highest BCUT2D eigenvalue weighted by Gasteiger charge is 2.32. The van der Waals surface area contributed by atoms with Crippen LogP contribution in [0.4, 0.5) is 18.9 Å². The van der Waals surface area contributed by atoms with E-state index in [0.29, 0.717) is 10.9 Å². The molecule has 3 aromatic rings. The summed E-state index contributed by atoms with van der Waals surface area (Å²) >= 11 is 0. The SMILES string of the molecule is C=N/C=C(\C=C(/C)c1ccc2[nH]nc(C(=O)Nc3ccc(C(F)(F)F)nc3)c2c1)CN1CCC1. The van der Waals surface area contributed by atoms with Crippen molar-refractivity contribution in [2.45, 2.75) is 19.5 Å². The van der Waals surface area contributed by atoms with E-state index in [-0.39, 0.29) is 11.4 Å². The van der Waals surface area contributed by atoms with E-state index in [1.54, 1.807) is 6.20 Å². The zero-order valence-corrected chi connectivity index (χ0v) is 18.5. The standard InChI is InChI=1S/C24H23F3N6O/c1-15(10-16(12-28-2)14-33-8-3-9-33)17-4-6-20-19(11-17)22(32-31-20)23(34)30-18-5-7-21(29-13-18)24(25,26)27/h4-7,10-13H,2-3,8-9,14H2,1H3,(H,30,34)(H,31,32)/b15-10+,16-12+. The lowest BCUT2D eigenvalue weighted by molar-refractivity contribution is -0.141. The first-order valence-corrected chi connectivity index (χ1v) is 10.6. The molecule has 1 aromatic carbocycles. The third-order valence-corrected chi connectivity index (χ3v) is 5.56. The number of carbonyl (C=O) groups is 1. The maximum Gasteiger partial charge on any atom is 0.433 e. The fraction of sp³-hybridized carbons (Fsp3) is 0.250. The first-order chi connectivity index (χ1) is 16.2. The Balaban J connectivity index is 1.56. The number of likely N-dealkylation sites (tertiary alicyclic amines) is 1. The number of carbonyl (C=O) groups excluding carboxylic acids is 1. The van der Waals surface area contributed by atoms with E-state index in [1.807, 2.05) is 31.2 Å². The smallest absolute Gasteiger partial charge is 0.319 e. The first kappa shape index (κ1) is 23.4. The Kier molecular flexibility index (Phi) is 6.60. The average Bonchev–Trinajstić information content (AvgIpc) is 3.19. The van der Waals surface area contributed by atoms with E-state index >= 15 is 0 Å². The lowest BCUT2D eigenvalue weighted by atomic mass is 10.0. The molecular formula is C24H23F3N6O. The predicted octanol–water partition coefficient (Wildman–Crippen LogP) is 4.92. The Morgan fingerprint density at radius 3 is 2.71 bits per heavy atom. The normalized spacial score (nSPS) is 15.3. The van der Waals surface area contributed by atoms with E-state index in [9.17, 15) is 18.0 Å². The maximum absolute atomic E-state index is 12.8. The summed E-state index contributed by atoms with van der Waals surface area (Å²) in [5.41, 5.74) is 2.82. The van der Waals surface area contributed by atoms with Crippen LogP contribution in [-0.4, -0.2) is 52.3 Å². The molecule has 2 aromatic heterocycles. The quantitative estimate of drug-likeness (QED) is 0.381. The van der Waals surface area contributed by atoms with Gasteiger partial charge in [0.1, 0.15) is 5.69 Å². The number of fused-ring (bicyclic) bond motifs is 1. The van der Waals surface area contributed by atoms with Gasteiger partial charge in [0.15, 0.2) is 5.69 Å². The molecule has 0 bridgehead atoms. The van der Waals surface area contributed by atoms with Crippen LogP contribution in [0.25, 0.3) is 16.5 Å². The number of pyridine rings is 1. The summed E-state index contributed by atoms with van der Waals surface area (Å²) in [6.45, 7) is 8.45. The molecule has 7 nitrogen and oxygen atoms in total. The number of benzene rings is 1. The largest absolute Gasteiger partial charge is 0.433 e. The molecule has 0 saturated carbocycles. The molecule has 1 amide bonds. The average molecular weight is 468 g/mol. The molecule has 1 fully saturated rings. The number of allylic oxidation sites excluding steroid dienone is 1. The van der Waals surface area contributed by atoms with Crippen LogP contribution in [0, 0.1) is 0 Å². The zero-order valence-electron chi connectivity index (χ0n) is 18.5. The van der Waals surface area contributed by atoms with Gasteiger partial charge in [0.25, 0.3) is 5.91 Å². The van der Waals surface area contributed by atoms with Gasteiger partial charge in [0.05, 0.1) is 17.4 Å². The van der Waals surface area contributed by atoms with Crippen LogP contribution in [0.3, 0.4) is 0 Å². The first-order valence-electron chi connectivity index (χ1n) is 10.6. The van der Waals surface area contributed by atoms with E-state index < -0.39 is 17.8 Å². The minimum Gasteiger partial charge on any atom is -0.319 e. The zero-order chi connectivity index (χ0) is 24.3. The number of rotatable bonds is 7. The Morgan fingerprint density at radius 2 is 2.09 bits per heavy atom. The van der Waals surface area contributed by atoms with Crippen molar-refractivity contribution in [2.24, 2.45) is 4.99 Å². The summed E-state index contributed by atoms with van der Waals surface area (Å²) in [5, 5.41) is 10.1. The van der Waals surface area contributed by atoms with Gasteiger partial charge in [-0.2, -0.15) is 18.3 Å². The van der Waals surface area contributed by atoms with Crippen molar-refractivity contribution in [1.29, 1.82) is 0 Å². The number of nitrogens with zero attached hydrogens (tertiary/aromatic N) is 4. The summed E-state index contributed by atoms with van der Waals surface area (Å²) < 4.78 is 38.1. The van der Waals surface area contributed by atoms with Crippen LogP contribution in [0.5, 0.6) is 0 Å². The Labute approximate surface area is 194 Å². The van der Waals surface area contributed by atoms with Gasteiger partial charge in [0.2, 0.25) is 0 Å². The molecule has 10 heteroatoms. The van der Waals surface area contributed by atoms with E-state index in [2.05, 4.69) is 37.1 Å². The topological polar surface area (TPSA) is 86.3 Å². The second-order valence-corrected chi connectivity index (χ2v) is 8.06. The van der Waals surface area contributed by atoms with Crippen LogP contribution >= 0.6 is 0 Å². The van der Waals surface area contributed by atoms with Crippen molar-refractivity contribution in [3.8, 4) is 0 Å². The highest BCUT2D eigenvalue weighted by atomic mass is 19.4. The molecule has 2 N–H and O–H groups in total. The molecule has 0 radical (unpaired) electrons. The molecule has 0 unspecified atom stereocenters. The molecule has 176 valence electrons. The minimum absolute atomic E-state index is 0.133. The molecule has 1 aliphatic rings. The van der Waals surface area contributed by atoms with Gasteiger partial charge in [-0.3, -0.25) is 19.8 Å². The highest BCUT2D eigenvalue weighted by Crippen LogP contribution is 2.28. The van der Waals surface area contributed by atoms with Crippen LogP contribution in [0.2, 0.25) is 0 Å². The Bertz CT molecular complexity index is 1270. The summed E-state index contributed by atoms with van der Waals surface area (Å²) in [6, 6.07) is 7.58. The minimum atomic E-state index is -4.55. The molecule has 0 atom stereocenters. The number of nitrogens with one attached hydrogen (secondary N) is 2. The molecule has 0 spiro atoms. The fourth-order valence-electron chi connectivity index (χ4n) is 3.66. The number of hydrogen-bond donors (Lipinski definition) is 2. The fourth-order valence-corrected chi connectivity index (χ4v) is 3.66. The van der Waals surface area contributed by atoms with Crippen molar-refractivity contribution in [2.75, 3.05) is 25.0 Å². The number of H-pyrrole nitrogens is 1. The van der Waals surface area contributed by atoms with Gasteiger partial charge in [-0.25, -0.2) is 4.98 Å². The van der Waals surface area contributed by atoms with Crippen LogP contribution in [0.15, 0.2) is 59.4 Å². The molecular weight excluding hydrogens is 445 g/mol. The number of amides is 1. The predicted molar refractivity (Wildman–Crippen MR) is 126 cm³/mol. The monoisotopic (exact) mass is 468 g/mol. The van der Waals surface area contributed by atoms with Gasteiger partial charge in [0, 0.05) is 18.1 Å². The van der Waals surface area contributed by atoms with Crippen LogP contribution < -0.4 is 5.32 Å². The Morgan fingerprint density at radius 1 is 1.29 bits per heavy atom. The lowest BCUT2D eigenvalue weighted by Crippen LogP contribution is -2.38. The van der Waals surface area contributed by atoms with Gasteiger partial charge < -0.3 is 5.32 Å². The van der Waals surface area contributed by atoms with E-state index in [1.165, 1.54) is 6.42 Å². The van der Waals surface area contributed by atoms with E-state index in [4.69, 9.17) is 0 Å².